The molecular weight excluding hydrogens is 180 g/mol. The molecule has 1 atom stereocenters. The molecule has 1 unspecified atom stereocenters. The average Bonchev–Trinajstić information content (AvgIpc) is 2.16. The smallest absolute Gasteiger partial charge is 0.222 e. The van der Waals surface area contributed by atoms with Crippen LogP contribution < -0.4 is 10.6 Å². The maximum atomic E-state index is 11.2. The molecule has 0 aliphatic carbocycles. The van der Waals surface area contributed by atoms with Crippen LogP contribution in [0.4, 0.5) is 0 Å². The summed E-state index contributed by atoms with van der Waals surface area (Å²) in [6.45, 7) is 6.86. The van der Waals surface area contributed by atoms with Crippen molar-refractivity contribution in [1.29, 1.82) is 0 Å². The quantitative estimate of drug-likeness (QED) is 0.560. The van der Waals surface area contributed by atoms with Crippen LogP contribution in [0, 0.1) is 5.92 Å². The molecule has 0 aliphatic heterocycles. The van der Waals surface area contributed by atoms with E-state index >= 15 is 0 Å². The minimum absolute atomic E-state index is 0.0707. The lowest BCUT2D eigenvalue weighted by Crippen LogP contribution is -2.32. The van der Waals surface area contributed by atoms with Gasteiger partial charge in [0.25, 0.3) is 0 Å². The van der Waals surface area contributed by atoms with Gasteiger partial charge in [-0.2, -0.15) is 0 Å². The van der Waals surface area contributed by atoms with Crippen molar-refractivity contribution < 1.29 is 9.53 Å². The molecule has 0 aromatic rings. The number of carbonyl (C=O) groups is 1. The molecule has 0 rings (SSSR count). The minimum Gasteiger partial charge on any atom is -0.381 e. The second kappa shape index (κ2) is 8.97. The summed E-state index contributed by atoms with van der Waals surface area (Å²) in [5, 5.41) is 5.93. The van der Waals surface area contributed by atoms with E-state index in [2.05, 4.69) is 17.6 Å². The van der Waals surface area contributed by atoms with Gasteiger partial charge in [-0.25, -0.2) is 0 Å². The molecule has 84 valence electrons. The summed E-state index contributed by atoms with van der Waals surface area (Å²) >= 11 is 0. The Hall–Kier alpha value is -0.610. The van der Waals surface area contributed by atoms with Crippen LogP contribution in [0.1, 0.15) is 20.3 Å². The number of ether oxygens (including phenoxy) is 1. The van der Waals surface area contributed by atoms with E-state index in [1.165, 1.54) is 0 Å². The highest BCUT2D eigenvalue weighted by Crippen LogP contribution is 1.90. The molecule has 0 aromatic carbocycles. The third kappa shape index (κ3) is 8.01. The molecule has 4 heteroatoms. The monoisotopic (exact) mass is 202 g/mol. The van der Waals surface area contributed by atoms with Crippen molar-refractivity contribution in [2.45, 2.75) is 20.3 Å². The first-order valence-electron chi connectivity index (χ1n) is 5.19. The van der Waals surface area contributed by atoms with Crippen molar-refractivity contribution in [3.8, 4) is 0 Å². The van der Waals surface area contributed by atoms with Crippen molar-refractivity contribution in [2.24, 2.45) is 5.92 Å². The van der Waals surface area contributed by atoms with Crippen LogP contribution in [-0.4, -0.2) is 39.3 Å². The van der Waals surface area contributed by atoms with E-state index in [0.717, 1.165) is 13.1 Å². The van der Waals surface area contributed by atoms with Gasteiger partial charge in [-0.1, -0.05) is 6.92 Å². The summed E-state index contributed by atoms with van der Waals surface area (Å²) in [6, 6.07) is 0. The van der Waals surface area contributed by atoms with Gasteiger partial charge in [0, 0.05) is 19.6 Å². The molecular formula is C10H22N2O2. The average molecular weight is 202 g/mol. The summed E-state index contributed by atoms with van der Waals surface area (Å²) < 4.78 is 5.09. The highest BCUT2D eigenvalue weighted by molar-refractivity contribution is 5.75. The Morgan fingerprint density at radius 1 is 1.43 bits per heavy atom. The van der Waals surface area contributed by atoms with E-state index in [1.54, 1.807) is 0 Å². The molecule has 0 fully saturated rings. The summed E-state index contributed by atoms with van der Waals surface area (Å²) in [4.78, 5) is 11.2. The van der Waals surface area contributed by atoms with Crippen LogP contribution in [-0.2, 0) is 9.53 Å². The number of hydrogen-bond acceptors (Lipinski definition) is 3. The number of rotatable bonds is 8. The summed E-state index contributed by atoms with van der Waals surface area (Å²) in [5.41, 5.74) is 0. The molecule has 14 heavy (non-hydrogen) atoms. The van der Waals surface area contributed by atoms with E-state index in [-0.39, 0.29) is 5.91 Å². The van der Waals surface area contributed by atoms with Gasteiger partial charge in [-0.3, -0.25) is 4.79 Å². The molecule has 0 aliphatic rings. The van der Waals surface area contributed by atoms with Crippen LogP contribution in [0.25, 0.3) is 0 Å². The Labute approximate surface area is 86.4 Å². The van der Waals surface area contributed by atoms with Crippen LogP contribution in [0.3, 0.4) is 0 Å². The summed E-state index contributed by atoms with van der Waals surface area (Å²) in [7, 11) is 1.91. The third-order valence-corrected chi connectivity index (χ3v) is 1.88. The Morgan fingerprint density at radius 2 is 2.14 bits per heavy atom. The number of amides is 1. The first kappa shape index (κ1) is 13.4. The number of hydrogen-bond donors (Lipinski definition) is 2. The van der Waals surface area contributed by atoms with Gasteiger partial charge in [-0.15, -0.1) is 0 Å². The first-order valence-corrected chi connectivity index (χ1v) is 5.19. The van der Waals surface area contributed by atoms with E-state index in [4.69, 9.17) is 4.74 Å². The van der Waals surface area contributed by atoms with Crippen molar-refractivity contribution >= 4 is 5.91 Å². The fourth-order valence-electron chi connectivity index (χ4n) is 1.11. The topological polar surface area (TPSA) is 50.4 Å². The van der Waals surface area contributed by atoms with E-state index in [0.29, 0.717) is 25.6 Å². The van der Waals surface area contributed by atoms with Gasteiger partial charge in [-0.05, 0) is 26.4 Å². The number of nitrogens with one attached hydrogen (secondary N) is 2. The van der Waals surface area contributed by atoms with Gasteiger partial charge in [0.15, 0.2) is 0 Å². The molecule has 1 amide bonds. The highest BCUT2D eigenvalue weighted by Gasteiger charge is 2.04. The molecule has 0 bridgehead atoms. The molecule has 4 nitrogen and oxygen atoms in total. The molecule has 0 saturated carbocycles. The van der Waals surface area contributed by atoms with Gasteiger partial charge in [0.05, 0.1) is 6.61 Å². The third-order valence-electron chi connectivity index (χ3n) is 1.88. The van der Waals surface area contributed by atoms with Gasteiger partial charge < -0.3 is 15.4 Å². The maximum Gasteiger partial charge on any atom is 0.222 e. The Balaban J connectivity index is 3.34. The molecule has 2 N–H and O–H groups in total. The highest BCUT2D eigenvalue weighted by atomic mass is 16.5. The SMILES string of the molecule is CCOCCC(=O)NCC(C)CNC. The minimum atomic E-state index is 0.0707. The summed E-state index contributed by atoms with van der Waals surface area (Å²) in [5.74, 6) is 0.539. The number of carbonyl (C=O) groups excluding carboxylic acids is 1. The van der Waals surface area contributed by atoms with Crippen molar-refractivity contribution in [2.75, 3.05) is 33.4 Å². The van der Waals surface area contributed by atoms with Gasteiger partial charge in [0.2, 0.25) is 5.91 Å². The van der Waals surface area contributed by atoms with Crippen molar-refractivity contribution in [3.05, 3.63) is 0 Å². The molecule has 0 spiro atoms. The normalized spacial score (nSPS) is 12.5. The molecule has 0 radical (unpaired) electrons. The van der Waals surface area contributed by atoms with E-state index in [1.807, 2.05) is 14.0 Å². The van der Waals surface area contributed by atoms with Crippen LogP contribution in [0.15, 0.2) is 0 Å². The molecule has 0 aromatic heterocycles. The fraction of sp³-hybridized carbons (Fsp3) is 0.900. The van der Waals surface area contributed by atoms with Crippen LogP contribution in [0.2, 0.25) is 0 Å². The standard InChI is InChI=1S/C10H22N2O2/c1-4-14-6-5-10(13)12-8-9(2)7-11-3/h9,11H,4-8H2,1-3H3,(H,12,13). The predicted octanol–water partition coefficient (Wildman–Crippen LogP) is 0.385. The lowest BCUT2D eigenvalue weighted by Gasteiger charge is -2.11. The first-order chi connectivity index (χ1) is 6.70. The van der Waals surface area contributed by atoms with E-state index < -0.39 is 0 Å². The lowest BCUT2D eigenvalue weighted by atomic mass is 10.2. The fourth-order valence-corrected chi connectivity index (χ4v) is 1.11. The Bertz CT molecular complexity index is 151. The zero-order valence-corrected chi connectivity index (χ0v) is 9.43. The largest absolute Gasteiger partial charge is 0.381 e. The second-order valence-electron chi connectivity index (χ2n) is 3.41. The Kier molecular flexibility index (Phi) is 8.57. The van der Waals surface area contributed by atoms with Crippen LogP contribution >= 0.6 is 0 Å². The van der Waals surface area contributed by atoms with Gasteiger partial charge >= 0.3 is 0 Å². The zero-order chi connectivity index (χ0) is 10.8. The predicted molar refractivity (Wildman–Crippen MR) is 57.2 cm³/mol. The lowest BCUT2D eigenvalue weighted by molar-refractivity contribution is -0.122. The van der Waals surface area contributed by atoms with Gasteiger partial charge in [0.1, 0.15) is 0 Å². The second-order valence-corrected chi connectivity index (χ2v) is 3.41. The Morgan fingerprint density at radius 3 is 2.71 bits per heavy atom. The zero-order valence-electron chi connectivity index (χ0n) is 9.43. The summed E-state index contributed by atoms with van der Waals surface area (Å²) in [6.07, 6.45) is 0.458. The molecule has 0 heterocycles. The van der Waals surface area contributed by atoms with Crippen molar-refractivity contribution in [3.63, 3.8) is 0 Å². The van der Waals surface area contributed by atoms with Crippen LogP contribution in [0.5, 0.6) is 0 Å². The molecule has 0 saturated heterocycles. The van der Waals surface area contributed by atoms with E-state index in [9.17, 15) is 4.79 Å². The maximum absolute atomic E-state index is 11.2. The van der Waals surface area contributed by atoms with Crippen molar-refractivity contribution in [1.82, 2.24) is 10.6 Å².